The van der Waals surface area contributed by atoms with Crippen molar-refractivity contribution in [3.63, 3.8) is 0 Å². The second kappa shape index (κ2) is 12.8. The van der Waals surface area contributed by atoms with E-state index in [9.17, 15) is 28.2 Å². The van der Waals surface area contributed by atoms with E-state index in [1.165, 1.54) is 11.4 Å². The zero-order chi connectivity index (χ0) is 30.4. The minimum atomic E-state index is -4.07. The van der Waals surface area contributed by atoms with Gasteiger partial charge < -0.3 is 20.3 Å². The SMILES string of the molecule is O=C(Nc1cccc(OCCc2cccc(NS(=O)(=O)c3ccsc3C(=O)O)c2)c1)c1ccc(-c2ccc(O)cc2)cc1. The lowest BCUT2D eigenvalue weighted by Gasteiger charge is -2.11. The third-order valence-electron chi connectivity index (χ3n) is 6.39. The van der Waals surface area contributed by atoms with Crippen LogP contribution in [-0.4, -0.2) is 37.1 Å². The Labute approximate surface area is 252 Å². The lowest BCUT2D eigenvalue weighted by molar-refractivity contribution is 0.0698. The average molecular weight is 615 g/mol. The number of aromatic hydroxyl groups is 1. The molecule has 5 aromatic rings. The van der Waals surface area contributed by atoms with Gasteiger partial charge in [0, 0.05) is 29.4 Å². The van der Waals surface area contributed by atoms with E-state index < -0.39 is 16.0 Å². The minimum Gasteiger partial charge on any atom is -0.508 e. The summed E-state index contributed by atoms with van der Waals surface area (Å²) in [7, 11) is -4.07. The fraction of sp³-hybridized carbons (Fsp3) is 0.0625. The summed E-state index contributed by atoms with van der Waals surface area (Å²) in [6, 6.07) is 29.0. The number of hydrogen-bond donors (Lipinski definition) is 4. The molecule has 4 aromatic carbocycles. The fourth-order valence-electron chi connectivity index (χ4n) is 4.29. The van der Waals surface area contributed by atoms with Crippen LogP contribution >= 0.6 is 11.3 Å². The second-order valence-corrected chi connectivity index (χ2v) is 12.0. The molecule has 4 N–H and O–H groups in total. The molecule has 0 saturated heterocycles. The van der Waals surface area contributed by atoms with Crippen LogP contribution in [-0.2, 0) is 16.4 Å². The number of ether oxygens (including phenoxy) is 1. The highest BCUT2D eigenvalue weighted by Crippen LogP contribution is 2.26. The van der Waals surface area contributed by atoms with Gasteiger partial charge in [0.25, 0.3) is 15.9 Å². The molecule has 0 aliphatic heterocycles. The normalized spacial score (nSPS) is 11.1. The number of rotatable bonds is 11. The largest absolute Gasteiger partial charge is 0.508 e. The van der Waals surface area contributed by atoms with Gasteiger partial charge in [0.2, 0.25) is 0 Å². The van der Waals surface area contributed by atoms with E-state index in [0.717, 1.165) is 28.0 Å². The van der Waals surface area contributed by atoms with Gasteiger partial charge in [0.15, 0.2) is 0 Å². The van der Waals surface area contributed by atoms with Crippen molar-refractivity contribution in [2.24, 2.45) is 0 Å². The number of sulfonamides is 1. The number of carboxylic acids is 1. The minimum absolute atomic E-state index is 0.189. The fourth-order valence-corrected chi connectivity index (χ4v) is 6.60. The van der Waals surface area contributed by atoms with Gasteiger partial charge >= 0.3 is 5.97 Å². The molecular formula is C32H26N2O7S2. The maximum absolute atomic E-state index is 12.8. The van der Waals surface area contributed by atoms with E-state index in [1.54, 1.807) is 78.9 Å². The molecule has 0 aliphatic rings. The number of nitrogens with one attached hydrogen (secondary N) is 2. The zero-order valence-electron chi connectivity index (χ0n) is 22.6. The van der Waals surface area contributed by atoms with Gasteiger partial charge in [-0.05, 0) is 76.7 Å². The van der Waals surface area contributed by atoms with Gasteiger partial charge in [-0.2, -0.15) is 0 Å². The van der Waals surface area contributed by atoms with Gasteiger partial charge in [-0.3, -0.25) is 9.52 Å². The van der Waals surface area contributed by atoms with Crippen LogP contribution in [0.2, 0.25) is 0 Å². The number of carbonyl (C=O) groups is 2. The highest BCUT2D eigenvalue weighted by atomic mass is 32.2. The number of aromatic carboxylic acids is 1. The van der Waals surface area contributed by atoms with E-state index in [2.05, 4.69) is 10.0 Å². The molecule has 0 radical (unpaired) electrons. The van der Waals surface area contributed by atoms with Crippen LogP contribution in [0, 0.1) is 0 Å². The Morgan fingerprint density at radius 1 is 0.814 bits per heavy atom. The van der Waals surface area contributed by atoms with Crippen molar-refractivity contribution in [2.75, 3.05) is 16.6 Å². The number of carboxylic acid groups (broad SMARTS) is 1. The molecule has 43 heavy (non-hydrogen) atoms. The molecule has 0 bridgehead atoms. The molecular weight excluding hydrogens is 588 g/mol. The van der Waals surface area contributed by atoms with Crippen LogP contribution in [0.25, 0.3) is 11.1 Å². The summed E-state index contributed by atoms with van der Waals surface area (Å²) in [5.41, 5.74) is 4.02. The third-order valence-corrected chi connectivity index (χ3v) is 8.85. The summed E-state index contributed by atoms with van der Waals surface area (Å²) in [6.07, 6.45) is 0.471. The molecule has 1 heterocycles. The quantitative estimate of drug-likeness (QED) is 0.133. The predicted molar refractivity (Wildman–Crippen MR) is 166 cm³/mol. The third kappa shape index (κ3) is 7.39. The molecule has 0 fully saturated rings. The van der Waals surface area contributed by atoms with Crippen molar-refractivity contribution in [1.82, 2.24) is 0 Å². The maximum Gasteiger partial charge on any atom is 0.347 e. The Hall–Kier alpha value is -5.13. The van der Waals surface area contributed by atoms with E-state index in [-0.39, 0.29) is 21.4 Å². The summed E-state index contributed by atoms with van der Waals surface area (Å²) in [5, 5.41) is 23.0. The number of thiophene rings is 1. The number of phenolic OH excluding ortho intramolecular Hbond substituents is 1. The van der Waals surface area contributed by atoms with Crippen LogP contribution < -0.4 is 14.8 Å². The molecule has 0 saturated carbocycles. The molecule has 0 aliphatic carbocycles. The Morgan fingerprint density at radius 2 is 1.49 bits per heavy atom. The van der Waals surface area contributed by atoms with E-state index in [4.69, 9.17) is 4.74 Å². The van der Waals surface area contributed by atoms with Gasteiger partial charge in [0.1, 0.15) is 21.3 Å². The first-order valence-corrected chi connectivity index (χ1v) is 15.4. The summed E-state index contributed by atoms with van der Waals surface area (Å²) in [5.74, 6) is -0.831. The van der Waals surface area contributed by atoms with Gasteiger partial charge in [-0.1, -0.05) is 42.5 Å². The number of amides is 1. The molecule has 0 spiro atoms. The lowest BCUT2D eigenvalue weighted by Crippen LogP contribution is -2.15. The topological polar surface area (TPSA) is 142 Å². The number of phenols is 1. The Bertz CT molecular complexity index is 1870. The zero-order valence-corrected chi connectivity index (χ0v) is 24.2. The Morgan fingerprint density at radius 3 is 2.21 bits per heavy atom. The molecule has 9 nitrogen and oxygen atoms in total. The predicted octanol–water partition coefficient (Wildman–Crippen LogP) is 6.49. The summed E-state index contributed by atoms with van der Waals surface area (Å²) in [4.78, 5) is 23.6. The van der Waals surface area contributed by atoms with E-state index in [0.29, 0.717) is 35.7 Å². The second-order valence-electron chi connectivity index (χ2n) is 9.43. The first-order valence-electron chi connectivity index (χ1n) is 13.0. The molecule has 1 amide bonds. The van der Waals surface area contributed by atoms with Crippen LogP contribution in [0.5, 0.6) is 11.5 Å². The number of carbonyl (C=O) groups excluding carboxylic acids is 1. The summed E-state index contributed by atoms with van der Waals surface area (Å²) < 4.78 is 33.8. The highest BCUT2D eigenvalue weighted by molar-refractivity contribution is 7.93. The smallest absolute Gasteiger partial charge is 0.347 e. The van der Waals surface area contributed by atoms with Crippen LogP contribution in [0.1, 0.15) is 25.6 Å². The number of hydrogen-bond acceptors (Lipinski definition) is 7. The monoisotopic (exact) mass is 614 g/mol. The Balaban J connectivity index is 1.16. The van der Waals surface area contributed by atoms with Crippen LogP contribution in [0.15, 0.2) is 113 Å². The summed E-state index contributed by atoms with van der Waals surface area (Å²) in [6.45, 7) is 0.292. The molecule has 0 atom stereocenters. The van der Waals surface area contributed by atoms with Crippen molar-refractivity contribution in [3.8, 4) is 22.6 Å². The van der Waals surface area contributed by atoms with Crippen molar-refractivity contribution < 1.29 is 33.0 Å². The van der Waals surface area contributed by atoms with E-state index in [1.807, 2.05) is 18.2 Å². The maximum atomic E-state index is 12.8. The first kappa shape index (κ1) is 29.4. The Kier molecular flexibility index (Phi) is 8.74. The van der Waals surface area contributed by atoms with Crippen LogP contribution in [0.3, 0.4) is 0 Å². The van der Waals surface area contributed by atoms with Gasteiger partial charge in [0.05, 0.1) is 6.61 Å². The van der Waals surface area contributed by atoms with Crippen molar-refractivity contribution in [3.05, 3.63) is 125 Å². The highest BCUT2D eigenvalue weighted by Gasteiger charge is 2.24. The van der Waals surface area contributed by atoms with E-state index >= 15 is 0 Å². The summed E-state index contributed by atoms with van der Waals surface area (Å²) >= 11 is 0.845. The molecule has 0 unspecified atom stereocenters. The molecule has 5 rings (SSSR count). The molecule has 218 valence electrons. The van der Waals surface area contributed by atoms with Gasteiger partial charge in [-0.25, -0.2) is 13.2 Å². The number of benzene rings is 4. The van der Waals surface area contributed by atoms with Crippen LogP contribution in [0.4, 0.5) is 11.4 Å². The number of anilines is 2. The average Bonchev–Trinajstić information content (AvgIpc) is 3.50. The standard InChI is InChI=1S/C32H26N2O7S2/c35-27-13-11-23(12-14-27)22-7-9-24(10-8-22)31(36)33-25-4-2-6-28(20-25)41-17-15-21-3-1-5-26(19-21)34-43(39,40)29-16-18-42-30(29)32(37)38/h1-14,16,18-20,34-35H,15,17H2,(H,33,36)(H,37,38). The molecule has 1 aromatic heterocycles. The van der Waals surface area contributed by atoms with Crippen molar-refractivity contribution >= 4 is 44.6 Å². The lowest BCUT2D eigenvalue weighted by atomic mass is 10.0. The van der Waals surface area contributed by atoms with Gasteiger partial charge in [-0.15, -0.1) is 11.3 Å². The van der Waals surface area contributed by atoms with Crippen molar-refractivity contribution in [2.45, 2.75) is 11.3 Å². The van der Waals surface area contributed by atoms with Crippen molar-refractivity contribution in [1.29, 1.82) is 0 Å². The molecule has 11 heteroatoms. The first-order chi connectivity index (χ1) is 20.7.